The van der Waals surface area contributed by atoms with Crippen LogP contribution in [0.15, 0.2) is 48.7 Å². The van der Waals surface area contributed by atoms with Gasteiger partial charge < -0.3 is 24.1 Å². The number of hydrogen-bond donors (Lipinski definition) is 1. The second-order valence-corrected chi connectivity index (χ2v) is 7.64. The molecular formula is C25H31N3O4. The number of aromatic nitrogens is 2. The summed E-state index contributed by atoms with van der Waals surface area (Å²) in [6, 6.07) is 13.2. The van der Waals surface area contributed by atoms with E-state index < -0.39 is 0 Å². The predicted molar refractivity (Wildman–Crippen MR) is 123 cm³/mol. The molecule has 0 bridgehead atoms. The monoisotopic (exact) mass is 437 g/mol. The highest BCUT2D eigenvalue weighted by atomic mass is 16.5. The third-order valence-corrected chi connectivity index (χ3v) is 5.44. The maximum atomic E-state index is 13.1. The minimum Gasteiger partial charge on any atom is -0.493 e. The van der Waals surface area contributed by atoms with E-state index in [1.807, 2.05) is 63.2 Å². The highest BCUT2D eigenvalue weighted by Gasteiger charge is 2.19. The average Bonchev–Trinajstić information content (AvgIpc) is 3.08. The first kappa shape index (κ1) is 23.3. The van der Waals surface area contributed by atoms with Crippen molar-refractivity contribution in [1.82, 2.24) is 14.9 Å². The maximum absolute atomic E-state index is 13.1. The highest BCUT2D eigenvalue weighted by molar-refractivity contribution is 5.96. The van der Waals surface area contributed by atoms with Gasteiger partial charge in [-0.3, -0.25) is 9.78 Å². The summed E-state index contributed by atoms with van der Waals surface area (Å²) in [5, 5.41) is 3.10. The Kier molecular flexibility index (Phi) is 7.89. The van der Waals surface area contributed by atoms with Gasteiger partial charge in [0.1, 0.15) is 6.61 Å². The molecule has 3 aromatic rings. The molecule has 0 fully saturated rings. The Labute approximate surface area is 189 Å². The minimum atomic E-state index is -0.205. The van der Waals surface area contributed by atoms with E-state index in [4.69, 9.17) is 14.2 Å². The van der Waals surface area contributed by atoms with Gasteiger partial charge in [-0.2, -0.15) is 0 Å². The molecule has 0 spiro atoms. The highest BCUT2D eigenvalue weighted by Crippen LogP contribution is 2.30. The standard InChI is InChI=1S/C25H31N3O4/c1-17-14-22(19(3)28(17)16-21-8-6-7-11-26-21)25(29)27-18(2)20-9-10-23(24(15-20)31-5)32-13-12-30-4/h6-11,14-15,18H,12-13,16H2,1-5H3,(H,27,29). The van der Waals surface area contributed by atoms with E-state index in [2.05, 4.69) is 14.9 Å². The zero-order valence-electron chi connectivity index (χ0n) is 19.3. The molecule has 2 heterocycles. The SMILES string of the molecule is COCCOc1ccc(C(C)NC(=O)c2cc(C)n(Cc3ccccn3)c2C)cc1OC. The van der Waals surface area contributed by atoms with Gasteiger partial charge in [0.05, 0.1) is 37.6 Å². The number of hydrogen-bond acceptors (Lipinski definition) is 5. The van der Waals surface area contributed by atoms with Crippen LogP contribution in [0.4, 0.5) is 0 Å². The van der Waals surface area contributed by atoms with E-state index in [9.17, 15) is 4.79 Å². The lowest BCUT2D eigenvalue weighted by molar-refractivity contribution is 0.0939. The Hall–Kier alpha value is -3.32. The molecule has 1 atom stereocenters. The molecule has 0 radical (unpaired) electrons. The lowest BCUT2D eigenvalue weighted by atomic mass is 10.1. The van der Waals surface area contributed by atoms with E-state index in [0.29, 0.717) is 36.8 Å². The summed E-state index contributed by atoms with van der Waals surface area (Å²) < 4.78 is 18.3. The lowest BCUT2D eigenvalue weighted by Gasteiger charge is -2.17. The van der Waals surface area contributed by atoms with Gasteiger partial charge in [-0.15, -0.1) is 0 Å². The molecule has 1 unspecified atom stereocenters. The molecule has 0 saturated carbocycles. The number of nitrogens with zero attached hydrogens (tertiary/aromatic N) is 2. The second kappa shape index (κ2) is 10.8. The van der Waals surface area contributed by atoms with Gasteiger partial charge >= 0.3 is 0 Å². The van der Waals surface area contributed by atoms with E-state index >= 15 is 0 Å². The van der Waals surface area contributed by atoms with E-state index in [-0.39, 0.29) is 11.9 Å². The van der Waals surface area contributed by atoms with Gasteiger partial charge in [0.25, 0.3) is 5.91 Å². The number of pyridine rings is 1. The maximum Gasteiger partial charge on any atom is 0.253 e. The van der Waals surface area contributed by atoms with Crippen molar-refractivity contribution in [3.05, 3.63) is 76.9 Å². The number of benzene rings is 1. The normalized spacial score (nSPS) is 11.8. The van der Waals surface area contributed by atoms with Crippen LogP contribution in [-0.4, -0.2) is 42.9 Å². The molecule has 0 aliphatic heterocycles. The number of nitrogens with one attached hydrogen (secondary N) is 1. The summed E-state index contributed by atoms with van der Waals surface area (Å²) in [5.41, 5.74) is 4.48. The van der Waals surface area contributed by atoms with Crippen molar-refractivity contribution in [2.45, 2.75) is 33.4 Å². The van der Waals surface area contributed by atoms with Crippen LogP contribution < -0.4 is 14.8 Å². The topological polar surface area (TPSA) is 74.6 Å². The number of amides is 1. The minimum absolute atomic E-state index is 0.114. The third kappa shape index (κ3) is 5.48. The molecule has 1 amide bonds. The number of rotatable bonds is 10. The molecule has 0 aliphatic rings. The molecule has 0 saturated heterocycles. The fourth-order valence-electron chi connectivity index (χ4n) is 3.59. The Morgan fingerprint density at radius 3 is 2.59 bits per heavy atom. The van der Waals surface area contributed by atoms with E-state index in [0.717, 1.165) is 22.6 Å². The van der Waals surface area contributed by atoms with Crippen molar-refractivity contribution >= 4 is 5.91 Å². The Balaban J connectivity index is 1.72. The lowest BCUT2D eigenvalue weighted by Crippen LogP contribution is -2.27. The van der Waals surface area contributed by atoms with Gasteiger partial charge in [0.2, 0.25) is 0 Å². The predicted octanol–water partition coefficient (Wildman–Crippen LogP) is 4.07. The summed E-state index contributed by atoms with van der Waals surface area (Å²) in [6.07, 6.45) is 1.78. The van der Waals surface area contributed by atoms with Gasteiger partial charge in [0.15, 0.2) is 11.5 Å². The quantitative estimate of drug-likeness (QED) is 0.484. The Morgan fingerprint density at radius 1 is 1.09 bits per heavy atom. The third-order valence-electron chi connectivity index (χ3n) is 5.44. The van der Waals surface area contributed by atoms with Crippen molar-refractivity contribution < 1.29 is 19.0 Å². The molecule has 7 heteroatoms. The van der Waals surface area contributed by atoms with Crippen molar-refractivity contribution in [3.63, 3.8) is 0 Å². The average molecular weight is 438 g/mol. The van der Waals surface area contributed by atoms with Crippen LogP contribution in [0.3, 0.4) is 0 Å². The molecule has 3 rings (SSSR count). The van der Waals surface area contributed by atoms with Gasteiger partial charge in [-0.25, -0.2) is 0 Å². The van der Waals surface area contributed by atoms with Crippen molar-refractivity contribution in [1.29, 1.82) is 0 Å². The van der Waals surface area contributed by atoms with Crippen LogP contribution >= 0.6 is 0 Å². The number of ether oxygens (including phenoxy) is 3. The summed E-state index contributed by atoms with van der Waals surface area (Å²) in [6.45, 7) is 7.48. The molecule has 170 valence electrons. The zero-order valence-corrected chi connectivity index (χ0v) is 19.3. The van der Waals surface area contributed by atoms with Gasteiger partial charge in [-0.05, 0) is 56.7 Å². The fraction of sp³-hybridized carbons (Fsp3) is 0.360. The zero-order chi connectivity index (χ0) is 23.1. The summed E-state index contributed by atoms with van der Waals surface area (Å²) >= 11 is 0. The second-order valence-electron chi connectivity index (χ2n) is 7.64. The Morgan fingerprint density at radius 2 is 1.91 bits per heavy atom. The first-order chi connectivity index (χ1) is 15.4. The van der Waals surface area contributed by atoms with Gasteiger partial charge in [-0.1, -0.05) is 12.1 Å². The van der Waals surface area contributed by atoms with Crippen LogP contribution in [0.1, 0.15) is 46.0 Å². The van der Waals surface area contributed by atoms with Crippen molar-refractivity contribution in [2.24, 2.45) is 0 Å². The number of carbonyl (C=O) groups is 1. The molecule has 2 aromatic heterocycles. The van der Waals surface area contributed by atoms with Crippen LogP contribution in [0.5, 0.6) is 11.5 Å². The summed E-state index contributed by atoms with van der Waals surface area (Å²) in [5.74, 6) is 1.15. The molecule has 32 heavy (non-hydrogen) atoms. The van der Waals surface area contributed by atoms with E-state index in [1.54, 1.807) is 20.4 Å². The number of carbonyl (C=O) groups excluding carboxylic acids is 1. The number of methoxy groups -OCH3 is 2. The molecule has 1 aromatic carbocycles. The largest absolute Gasteiger partial charge is 0.493 e. The van der Waals surface area contributed by atoms with Crippen LogP contribution in [0.25, 0.3) is 0 Å². The summed E-state index contributed by atoms with van der Waals surface area (Å²) in [4.78, 5) is 17.4. The van der Waals surface area contributed by atoms with Gasteiger partial charge in [0, 0.05) is 24.7 Å². The first-order valence-corrected chi connectivity index (χ1v) is 10.6. The fourth-order valence-corrected chi connectivity index (χ4v) is 3.59. The summed E-state index contributed by atoms with van der Waals surface area (Å²) in [7, 11) is 3.23. The first-order valence-electron chi connectivity index (χ1n) is 10.6. The molecule has 1 N–H and O–H groups in total. The van der Waals surface area contributed by atoms with Crippen LogP contribution in [0, 0.1) is 13.8 Å². The van der Waals surface area contributed by atoms with Crippen LogP contribution in [-0.2, 0) is 11.3 Å². The molecule has 7 nitrogen and oxygen atoms in total. The van der Waals surface area contributed by atoms with Crippen molar-refractivity contribution in [2.75, 3.05) is 27.4 Å². The smallest absolute Gasteiger partial charge is 0.253 e. The van der Waals surface area contributed by atoms with Crippen LogP contribution in [0.2, 0.25) is 0 Å². The Bertz CT molecular complexity index is 1050. The molecular weight excluding hydrogens is 406 g/mol. The van der Waals surface area contributed by atoms with Crippen molar-refractivity contribution in [3.8, 4) is 11.5 Å². The van der Waals surface area contributed by atoms with E-state index in [1.165, 1.54) is 0 Å². The number of aryl methyl sites for hydroxylation is 1. The molecule has 0 aliphatic carbocycles.